The van der Waals surface area contributed by atoms with E-state index in [0.717, 1.165) is 36.8 Å². The standard InChI is InChI=1S/C20H27N3O3/c1-3-21-20(22-12-7-13-26-17-8-5-4-6-9-17)23-15-16-10-11-19(25-2)18(24)14-16/h4-6,8-11,14,24H,3,7,12-13,15H2,1-2H3,(H2,21,22,23). The molecule has 0 spiro atoms. The van der Waals surface area contributed by atoms with Gasteiger partial charge in [-0.25, -0.2) is 4.99 Å². The minimum absolute atomic E-state index is 0.122. The maximum Gasteiger partial charge on any atom is 0.191 e. The second kappa shape index (κ2) is 10.9. The molecular formula is C20H27N3O3. The maximum atomic E-state index is 9.84. The van der Waals surface area contributed by atoms with Crippen molar-refractivity contribution in [3.8, 4) is 17.2 Å². The molecule has 0 aromatic heterocycles. The third-order valence-electron chi connectivity index (χ3n) is 3.63. The Morgan fingerprint density at radius 1 is 1.12 bits per heavy atom. The number of hydrogen-bond donors (Lipinski definition) is 3. The van der Waals surface area contributed by atoms with E-state index in [-0.39, 0.29) is 5.75 Å². The van der Waals surface area contributed by atoms with Crippen LogP contribution >= 0.6 is 0 Å². The highest BCUT2D eigenvalue weighted by Gasteiger charge is 2.03. The van der Waals surface area contributed by atoms with Crippen molar-refractivity contribution in [2.75, 3.05) is 26.8 Å². The van der Waals surface area contributed by atoms with E-state index in [0.29, 0.717) is 18.9 Å². The Bertz CT molecular complexity index is 690. The summed E-state index contributed by atoms with van der Waals surface area (Å²) in [6.07, 6.45) is 0.864. The molecule has 3 N–H and O–H groups in total. The van der Waals surface area contributed by atoms with Gasteiger partial charge < -0.3 is 25.2 Å². The predicted molar refractivity (Wildman–Crippen MR) is 104 cm³/mol. The first-order chi connectivity index (χ1) is 12.7. The minimum atomic E-state index is 0.122. The third kappa shape index (κ3) is 6.55. The summed E-state index contributed by atoms with van der Waals surface area (Å²) >= 11 is 0. The molecule has 0 aliphatic carbocycles. The van der Waals surface area contributed by atoms with Crippen LogP contribution in [0.4, 0.5) is 0 Å². The molecule has 0 bridgehead atoms. The van der Waals surface area contributed by atoms with Gasteiger partial charge in [0.1, 0.15) is 5.75 Å². The Labute approximate surface area is 154 Å². The number of nitrogens with zero attached hydrogens (tertiary/aromatic N) is 1. The van der Waals surface area contributed by atoms with Crippen LogP contribution < -0.4 is 20.1 Å². The van der Waals surface area contributed by atoms with Crippen molar-refractivity contribution < 1.29 is 14.6 Å². The molecule has 0 saturated carbocycles. The number of nitrogens with one attached hydrogen (secondary N) is 2. The van der Waals surface area contributed by atoms with E-state index >= 15 is 0 Å². The topological polar surface area (TPSA) is 75.1 Å². The van der Waals surface area contributed by atoms with Gasteiger partial charge in [0.25, 0.3) is 0 Å². The van der Waals surface area contributed by atoms with Gasteiger partial charge in [-0.15, -0.1) is 0 Å². The zero-order chi connectivity index (χ0) is 18.6. The van der Waals surface area contributed by atoms with Crippen LogP contribution in [0.2, 0.25) is 0 Å². The quantitative estimate of drug-likeness (QED) is 0.365. The monoisotopic (exact) mass is 357 g/mol. The van der Waals surface area contributed by atoms with Gasteiger partial charge in [-0.3, -0.25) is 0 Å². The maximum absolute atomic E-state index is 9.84. The molecule has 6 nitrogen and oxygen atoms in total. The zero-order valence-electron chi connectivity index (χ0n) is 15.4. The van der Waals surface area contributed by atoms with Crippen molar-refractivity contribution in [1.82, 2.24) is 10.6 Å². The van der Waals surface area contributed by atoms with Crippen molar-refractivity contribution in [2.45, 2.75) is 19.9 Å². The van der Waals surface area contributed by atoms with E-state index in [1.807, 2.05) is 43.3 Å². The molecule has 0 aliphatic rings. The number of methoxy groups -OCH3 is 1. The van der Waals surface area contributed by atoms with Crippen LogP contribution in [0.1, 0.15) is 18.9 Å². The number of aliphatic imine (C=N–C) groups is 1. The van der Waals surface area contributed by atoms with Crippen LogP contribution in [0.25, 0.3) is 0 Å². The fourth-order valence-electron chi connectivity index (χ4n) is 2.33. The van der Waals surface area contributed by atoms with Crippen molar-refractivity contribution in [3.63, 3.8) is 0 Å². The highest BCUT2D eigenvalue weighted by atomic mass is 16.5. The highest BCUT2D eigenvalue weighted by molar-refractivity contribution is 5.79. The van der Waals surface area contributed by atoms with E-state index in [2.05, 4.69) is 15.6 Å². The normalized spacial score (nSPS) is 11.1. The number of aromatic hydroxyl groups is 1. The number of guanidine groups is 1. The predicted octanol–water partition coefficient (Wildman–Crippen LogP) is 2.93. The lowest BCUT2D eigenvalue weighted by Crippen LogP contribution is -2.38. The fourth-order valence-corrected chi connectivity index (χ4v) is 2.33. The molecule has 140 valence electrons. The summed E-state index contributed by atoms with van der Waals surface area (Å²) in [7, 11) is 1.53. The molecule has 2 rings (SSSR count). The molecule has 0 fully saturated rings. The number of phenols is 1. The first-order valence-electron chi connectivity index (χ1n) is 8.79. The number of ether oxygens (including phenoxy) is 2. The number of rotatable bonds is 9. The summed E-state index contributed by atoms with van der Waals surface area (Å²) in [5.74, 6) is 2.20. The average Bonchev–Trinajstić information content (AvgIpc) is 2.66. The second-order valence-electron chi connectivity index (χ2n) is 5.64. The van der Waals surface area contributed by atoms with Crippen LogP contribution in [-0.2, 0) is 6.54 Å². The van der Waals surface area contributed by atoms with E-state index in [1.54, 1.807) is 12.1 Å². The Morgan fingerprint density at radius 3 is 2.62 bits per heavy atom. The average molecular weight is 357 g/mol. The summed E-state index contributed by atoms with van der Waals surface area (Å²) in [5, 5.41) is 16.3. The van der Waals surface area contributed by atoms with Gasteiger partial charge in [0, 0.05) is 13.1 Å². The van der Waals surface area contributed by atoms with Crippen LogP contribution in [-0.4, -0.2) is 37.9 Å². The van der Waals surface area contributed by atoms with Crippen molar-refractivity contribution in [3.05, 3.63) is 54.1 Å². The molecule has 0 radical (unpaired) electrons. The summed E-state index contributed by atoms with van der Waals surface area (Å²) in [4.78, 5) is 4.54. The fraction of sp³-hybridized carbons (Fsp3) is 0.350. The van der Waals surface area contributed by atoms with Gasteiger partial charge in [-0.05, 0) is 43.2 Å². The lowest BCUT2D eigenvalue weighted by molar-refractivity contribution is 0.311. The van der Waals surface area contributed by atoms with Gasteiger partial charge >= 0.3 is 0 Å². The van der Waals surface area contributed by atoms with E-state index in [9.17, 15) is 5.11 Å². The molecule has 2 aromatic carbocycles. The molecule has 0 unspecified atom stereocenters. The number of para-hydroxylation sites is 1. The molecular weight excluding hydrogens is 330 g/mol. The summed E-state index contributed by atoms with van der Waals surface area (Å²) in [5.41, 5.74) is 0.910. The number of hydrogen-bond acceptors (Lipinski definition) is 4. The SMILES string of the molecule is CCNC(=NCc1ccc(OC)c(O)c1)NCCCOc1ccccc1. The lowest BCUT2D eigenvalue weighted by Gasteiger charge is -2.12. The molecule has 6 heteroatoms. The van der Waals surface area contributed by atoms with Gasteiger partial charge in [-0.1, -0.05) is 24.3 Å². The zero-order valence-corrected chi connectivity index (χ0v) is 15.4. The number of benzene rings is 2. The van der Waals surface area contributed by atoms with Crippen LogP contribution in [0.15, 0.2) is 53.5 Å². The smallest absolute Gasteiger partial charge is 0.191 e. The van der Waals surface area contributed by atoms with Crippen molar-refractivity contribution >= 4 is 5.96 Å². The molecule has 0 aliphatic heterocycles. The van der Waals surface area contributed by atoms with Crippen molar-refractivity contribution in [1.29, 1.82) is 0 Å². The molecule has 0 atom stereocenters. The molecule has 0 amide bonds. The Kier molecular flexibility index (Phi) is 8.12. The van der Waals surface area contributed by atoms with Gasteiger partial charge in [0.15, 0.2) is 17.5 Å². The largest absolute Gasteiger partial charge is 0.504 e. The first kappa shape index (κ1) is 19.4. The molecule has 26 heavy (non-hydrogen) atoms. The summed E-state index contributed by atoms with van der Waals surface area (Å²) < 4.78 is 10.7. The van der Waals surface area contributed by atoms with Crippen LogP contribution in [0.3, 0.4) is 0 Å². The Morgan fingerprint density at radius 2 is 1.92 bits per heavy atom. The Balaban J connectivity index is 1.78. The molecule has 2 aromatic rings. The van der Waals surface area contributed by atoms with E-state index in [1.165, 1.54) is 7.11 Å². The highest BCUT2D eigenvalue weighted by Crippen LogP contribution is 2.26. The summed E-state index contributed by atoms with van der Waals surface area (Å²) in [6.45, 7) is 4.66. The summed E-state index contributed by atoms with van der Waals surface area (Å²) in [6, 6.07) is 15.1. The van der Waals surface area contributed by atoms with E-state index < -0.39 is 0 Å². The molecule has 0 heterocycles. The third-order valence-corrected chi connectivity index (χ3v) is 3.63. The minimum Gasteiger partial charge on any atom is -0.504 e. The number of phenolic OH excluding ortho intramolecular Hbond substituents is 1. The molecule has 0 saturated heterocycles. The van der Waals surface area contributed by atoms with Gasteiger partial charge in [0.05, 0.1) is 20.3 Å². The van der Waals surface area contributed by atoms with Crippen LogP contribution in [0.5, 0.6) is 17.2 Å². The first-order valence-corrected chi connectivity index (χ1v) is 8.79. The Hall–Kier alpha value is -2.89. The van der Waals surface area contributed by atoms with Crippen LogP contribution in [0, 0.1) is 0 Å². The van der Waals surface area contributed by atoms with Gasteiger partial charge in [0.2, 0.25) is 0 Å². The van der Waals surface area contributed by atoms with E-state index in [4.69, 9.17) is 9.47 Å². The van der Waals surface area contributed by atoms with Crippen molar-refractivity contribution in [2.24, 2.45) is 4.99 Å². The van der Waals surface area contributed by atoms with Gasteiger partial charge in [-0.2, -0.15) is 0 Å². The lowest BCUT2D eigenvalue weighted by atomic mass is 10.2. The second-order valence-corrected chi connectivity index (χ2v) is 5.64.